The first kappa shape index (κ1) is 9.92. The van der Waals surface area contributed by atoms with Crippen LogP contribution < -0.4 is 10.1 Å². The molecule has 1 N–H and O–H groups in total. The summed E-state index contributed by atoms with van der Waals surface area (Å²) in [5.41, 5.74) is 0.739. The Labute approximate surface area is 90.9 Å². The number of thiazole rings is 1. The van der Waals surface area contributed by atoms with Gasteiger partial charge in [-0.25, -0.2) is 9.78 Å². The molecule has 0 unspecified atom stereocenters. The minimum absolute atomic E-state index is 0.479. The highest BCUT2D eigenvalue weighted by molar-refractivity contribution is 7.18. The summed E-state index contributed by atoms with van der Waals surface area (Å²) >= 11 is 1.58. The number of nitrogens with one attached hydrogen (secondary N) is 1. The minimum atomic E-state index is -0.479. The van der Waals surface area contributed by atoms with E-state index in [4.69, 9.17) is 4.74 Å². The Kier molecular flexibility index (Phi) is 2.55. The number of amides is 1. The third-order valence-electron chi connectivity index (χ3n) is 1.90. The molecule has 0 saturated carbocycles. The third-order valence-corrected chi connectivity index (χ3v) is 2.83. The van der Waals surface area contributed by atoms with Crippen LogP contribution in [0, 0.1) is 6.92 Å². The smallest absolute Gasteiger partial charge is 0.408 e. The maximum atomic E-state index is 11.1. The van der Waals surface area contributed by atoms with Gasteiger partial charge in [0.2, 0.25) is 0 Å². The summed E-state index contributed by atoms with van der Waals surface area (Å²) in [6.45, 7) is 1.92. The fourth-order valence-electron chi connectivity index (χ4n) is 1.27. The van der Waals surface area contributed by atoms with Crippen molar-refractivity contribution in [1.29, 1.82) is 0 Å². The van der Waals surface area contributed by atoms with E-state index in [1.165, 1.54) is 7.05 Å². The second-order valence-corrected chi connectivity index (χ2v) is 4.21. The summed E-state index contributed by atoms with van der Waals surface area (Å²) < 4.78 is 6.11. The molecule has 78 valence electrons. The Hall–Kier alpha value is -1.62. The van der Waals surface area contributed by atoms with Crippen LogP contribution in [0.25, 0.3) is 10.2 Å². The van der Waals surface area contributed by atoms with Crippen molar-refractivity contribution in [2.24, 2.45) is 0 Å². The van der Waals surface area contributed by atoms with Crippen molar-refractivity contribution in [2.75, 3.05) is 7.05 Å². The summed E-state index contributed by atoms with van der Waals surface area (Å²) in [5.74, 6) is 0.496. The Morgan fingerprint density at radius 3 is 3.07 bits per heavy atom. The molecule has 0 saturated heterocycles. The number of aromatic nitrogens is 1. The normalized spacial score (nSPS) is 10.3. The monoisotopic (exact) mass is 222 g/mol. The first-order chi connectivity index (χ1) is 7.20. The van der Waals surface area contributed by atoms with Crippen LogP contribution in [0.5, 0.6) is 5.75 Å². The number of benzene rings is 1. The molecule has 0 atom stereocenters. The number of hydrogen-bond donors (Lipinski definition) is 1. The lowest BCUT2D eigenvalue weighted by molar-refractivity contribution is 0.203. The van der Waals surface area contributed by atoms with Crippen molar-refractivity contribution < 1.29 is 9.53 Å². The predicted molar refractivity (Wildman–Crippen MR) is 59.4 cm³/mol. The minimum Gasteiger partial charge on any atom is -0.408 e. The fraction of sp³-hybridized carbons (Fsp3) is 0.200. The van der Waals surface area contributed by atoms with Crippen molar-refractivity contribution in [2.45, 2.75) is 6.92 Å². The van der Waals surface area contributed by atoms with E-state index in [0.29, 0.717) is 5.75 Å². The van der Waals surface area contributed by atoms with Gasteiger partial charge in [0.15, 0.2) is 5.75 Å². The summed E-state index contributed by atoms with van der Waals surface area (Å²) in [5, 5.41) is 3.36. The van der Waals surface area contributed by atoms with E-state index in [0.717, 1.165) is 15.2 Å². The lowest BCUT2D eigenvalue weighted by atomic mass is 10.3. The molecule has 1 heterocycles. The van der Waals surface area contributed by atoms with Gasteiger partial charge in [0.1, 0.15) is 5.52 Å². The lowest BCUT2D eigenvalue weighted by Crippen LogP contribution is -2.22. The van der Waals surface area contributed by atoms with E-state index in [1.807, 2.05) is 19.1 Å². The number of fused-ring (bicyclic) bond motifs is 1. The van der Waals surface area contributed by atoms with Gasteiger partial charge in [-0.2, -0.15) is 0 Å². The topological polar surface area (TPSA) is 51.2 Å². The van der Waals surface area contributed by atoms with Gasteiger partial charge in [0.25, 0.3) is 0 Å². The van der Waals surface area contributed by atoms with Crippen molar-refractivity contribution >= 4 is 27.6 Å². The fourth-order valence-corrected chi connectivity index (χ4v) is 2.11. The Morgan fingerprint density at radius 2 is 2.33 bits per heavy atom. The molecule has 0 fully saturated rings. The molecule has 5 heteroatoms. The number of aryl methyl sites for hydroxylation is 1. The average molecular weight is 222 g/mol. The van der Waals surface area contributed by atoms with Gasteiger partial charge in [0.05, 0.1) is 9.71 Å². The molecular weight excluding hydrogens is 212 g/mol. The third kappa shape index (κ3) is 1.92. The van der Waals surface area contributed by atoms with E-state index >= 15 is 0 Å². The number of ether oxygens (including phenoxy) is 1. The van der Waals surface area contributed by atoms with Gasteiger partial charge in [-0.1, -0.05) is 6.07 Å². The maximum absolute atomic E-state index is 11.1. The number of carbonyl (C=O) groups excluding carboxylic acids is 1. The van der Waals surface area contributed by atoms with Gasteiger partial charge < -0.3 is 10.1 Å². The van der Waals surface area contributed by atoms with Crippen LogP contribution in [0.3, 0.4) is 0 Å². The molecule has 1 aromatic carbocycles. The molecule has 0 spiro atoms. The van der Waals surface area contributed by atoms with Crippen molar-refractivity contribution in [3.8, 4) is 5.75 Å². The zero-order valence-corrected chi connectivity index (χ0v) is 9.22. The quantitative estimate of drug-likeness (QED) is 0.805. The molecule has 0 radical (unpaired) electrons. The number of carbonyl (C=O) groups is 1. The number of nitrogens with zero attached hydrogens (tertiary/aromatic N) is 1. The molecular formula is C10H10N2O2S. The molecule has 0 bridgehead atoms. The molecule has 15 heavy (non-hydrogen) atoms. The number of para-hydroxylation sites is 1. The highest BCUT2D eigenvalue weighted by Gasteiger charge is 2.09. The van der Waals surface area contributed by atoms with E-state index < -0.39 is 6.09 Å². The highest BCUT2D eigenvalue weighted by atomic mass is 32.1. The van der Waals surface area contributed by atoms with Gasteiger partial charge in [0, 0.05) is 7.05 Å². The van der Waals surface area contributed by atoms with Crippen LogP contribution in [0.2, 0.25) is 0 Å². The van der Waals surface area contributed by atoms with Gasteiger partial charge in [-0.05, 0) is 19.1 Å². The van der Waals surface area contributed by atoms with Gasteiger partial charge in [-0.15, -0.1) is 11.3 Å². The molecule has 2 aromatic rings. The van der Waals surface area contributed by atoms with E-state index in [9.17, 15) is 4.79 Å². The van der Waals surface area contributed by atoms with Crippen molar-refractivity contribution in [3.63, 3.8) is 0 Å². The second-order valence-electron chi connectivity index (χ2n) is 2.98. The maximum Gasteiger partial charge on any atom is 0.412 e. The summed E-state index contributed by atoms with van der Waals surface area (Å²) in [6, 6.07) is 5.53. The van der Waals surface area contributed by atoms with Crippen LogP contribution in [0.4, 0.5) is 4.79 Å². The van der Waals surface area contributed by atoms with Crippen LogP contribution in [0.1, 0.15) is 5.01 Å². The molecule has 1 amide bonds. The first-order valence-corrected chi connectivity index (χ1v) is 5.28. The highest BCUT2D eigenvalue weighted by Crippen LogP contribution is 2.29. The molecule has 1 aromatic heterocycles. The van der Waals surface area contributed by atoms with Crippen LogP contribution >= 0.6 is 11.3 Å². The summed E-state index contributed by atoms with van der Waals surface area (Å²) in [6.07, 6.45) is -0.479. The van der Waals surface area contributed by atoms with Crippen molar-refractivity contribution in [1.82, 2.24) is 10.3 Å². The Balaban J connectivity index is 2.46. The van der Waals surface area contributed by atoms with Crippen LogP contribution in [-0.2, 0) is 0 Å². The average Bonchev–Trinajstić information content (AvgIpc) is 2.59. The number of rotatable bonds is 1. The zero-order chi connectivity index (χ0) is 10.8. The Morgan fingerprint density at radius 1 is 1.53 bits per heavy atom. The van der Waals surface area contributed by atoms with E-state index in [-0.39, 0.29) is 0 Å². The molecule has 2 rings (SSSR count). The SMILES string of the molecule is CNC(=O)Oc1cccc2sc(C)nc12. The van der Waals surface area contributed by atoms with E-state index in [2.05, 4.69) is 10.3 Å². The van der Waals surface area contributed by atoms with Gasteiger partial charge in [-0.3, -0.25) is 0 Å². The first-order valence-electron chi connectivity index (χ1n) is 4.46. The van der Waals surface area contributed by atoms with Crippen molar-refractivity contribution in [3.05, 3.63) is 23.2 Å². The zero-order valence-electron chi connectivity index (χ0n) is 8.40. The lowest BCUT2D eigenvalue weighted by Gasteiger charge is -2.02. The molecule has 4 nitrogen and oxygen atoms in total. The largest absolute Gasteiger partial charge is 0.412 e. The van der Waals surface area contributed by atoms with E-state index in [1.54, 1.807) is 17.4 Å². The Bertz CT molecular complexity index is 507. The summed E-state index contributed by atoms with van der Waals surface area (Å²) in [4.78, 5) is 15.4. The predicted octanol–water partition coefficient (Wildman–Crippen LogP) is 2.32. The van der Waals surface area contributed by atoms with Crippen LogP contribution in [-0.4, -0.2) is 18.1 Å². The second kappa shape index (κ2) is 3.86. The molecule has 0 aliphatic rings. The molecule has 0 aliphatic carbocycles. The number of hydrogen-bond acceptors (Lipinski definition) is 4. The summed E-state index contributed by atoms with van der Waals surface area (Å²) in [7, 11) is 1.52. The standard InChI is InChI=1S/C10H10N2O2S/c1-6-12-9-7(14-10(13)11-2)4-3-5-8(9)15-6/h3-5H,1-2H3,(H,11,13). The van der Waals surface area contributed by atoms with Gasteiger partial charge >= 0.3 is 6.09 Å². The van der Waals surface area contributed by atoms with Crippen LogP contribution in [0.15, 0.2) is 18.2 Å². The molecule has 0 aliphatic heterocycles.